The lowest BCUT2D eigenvalue weighted by Crippen LogP contribution is -2.46. The lowest BCUT2D eigenvalue weighted by atomic mass is 9.96. The van der Waals surface area contributed by atoms with Crippen molar-refractivity contribution in [3.63, 3.8) is 0 Å². The molecule has 0 heterocycles. The number of amides is 2. The fraction of sp³-hybridized carbons (Fsp3) is 0.562. The number of benzene rings is 1. The zero-order valence-electron chi connectivity index (χ0n) is 12.4. The molecule has 1 aromatic carbocycles. The van der Waals surface area contributed by atoms with Gasteiger partial charge in [0.25, 0.3) is 0 Å². The summed E-state index contributed by atoms with van der Waals surface area (Å²) < 4.78 is 14.0. The van der Waals surface area contributed by atoms with Crippen LogP contribution in [0.25, 0.3) is 0 Å². The molecule has 21 heavy (non-hydrogen) atoms. The van der Waals surface area contributed by atoms with Gasteiger partial charge >= 0.3 is 6.03 Å². The van der Waals surface area contributed by atoms with Crippen LogP contribution in [0.1, 0.15) is 38.5 Å². The average Bonchev–Trinajstić information content (AvgIpc) is 2.50. The summed E-state index contributed by atoms with van der Waals surface area (Å²) in [5.74, 6) is -0.381. The predicted molar refractivity (Wildman–Crippen MR) is 82.8 cm³/mol. The first-order chi connectivity index (χ1) is 10.2. The second-order valence-corrected chi connectivity index (χ2v) is 5.53. The standard InChI is InChI=1S/C16H24FN3O/c17-14-9-4-5-10-15(14)20(12-6-11-18)16(21)19-13-7-2-1-3-8-13/h4-5,9-10,13H,1-3,6-8,11-12,18H2,(H,19,21). The topological polar surface area (TPSA) is 58.4 Å². The average molecular weight is 293 g/mol. The van der Waals surface area contributed by atoms with E-state index in [2.05, 4.69) is 5.32 Å². The minimum absolute atomic E-state index is 0.207. The fourth-order valence-electron chi connectivity index (χ4n) is 2.75. The molecule has 0 radical (unpaired) electrons. The smallest absolute Gasteiger partial charge is 0.322 e. The number of nitrogens with two attached hydrogens (primary N) is 1. The van der Waals surface area contributed by atoms with Crippen LogP contribution in [0.3, 0.4) is 0 Å². The third kappa shape index (κ3) is 4.43. The van der Waals surface area contributed by atoms with Gasteiger partial charge in [-0.2, -0.15) is 0 Å². The number of rotatable bonds is 5. The van der Waals surface area contributed by atoms with Gasteiger partial charge in [-0.25, -0.2) is 9.18 Å². The van der Waals surface area contributed by atoms with Crippen molar-refractivity contribution in [3.8, 4) is 0 Å². The van der Waals surface area contributed by atoms with Crippen molar-refractivity contribution in [1.29, 1.82) is 0 Å². The summed E-state index contributed by atoms with van der Waals surface area (Å²) in [6, 6.07) is 6.35. The highest BCUT2D eigenvalue weighted by Gasteiger charge is 2.22. The second kappa shape index (κ2) is 7.98. The molecule has 1 saturated carbocycles. The van der Waals surface area contributed by atoms with Crippen LogP contribution >= 0.6 is 0 Å². The quantitative estimate of drug-likeness (QED) is 0.876. The first-order valence-corrected chi connectivity index (χ1v) is 7.75. The molecule has 3 N–H and O–H groups in total. The number of carbonyl (C=O) groups is 1. The van der Waals surface area contributed by atoms with Crippen molar-refractivity contribution in [2.45, 2.75) is 44.6 Å². The number of anilines is 1. The number of nitrogens with zero attached hydrogens (tertiary/aromatic N) is 1. The Balaban J connectivity index is 2.07. The Morgan fingerprint density at radius 1 is 1.29 bits per heavy atom. The van der Waals surface area contributed by atoms with E-state index < -0.39 is 0 Å². The van der Waals surface area contributed by atoms with Crippen LogP contribution in [0, 0.1) is 5.82 Å². The zero-order valence-corrected chi connectivity index (χ0v) is 12.4. The molecule has 1 fully saturated rings. The molecule has 1 aliphatic carbocycles. The second-order valence-electron chi connectivity index (χ2n) is 5.53. The molecule has 1 aliphatic rings. The molecular weight excluding hydrogens is 269 g/mol. The molecule has 5 heteroatoms. The number of urea groups is 1. The highest BCUT2D eigenvalue weighted by Crippen LogP contribution is 2.21. The predicted octanol–water partition coefficient (Wildman–Crippen LogP) is 3.02. The first-order valence-electron chi connectivity index (χ1n) is 7.75. The summed E-state index contributed by atoms with van der Waals surface area (Å²) in [5.41, 5.74) is 5.84. The van der Waals surface area contributed by atoms with Gasteiger partial charge in [-0.3, -0.25) is 4.90 Å². The lowest BCUT2D eigenvalue weighted by Gasteiger charge is -2.28. The summed E-state index contributed by atoms with van der Waals surface area (Å²) in [5, 5.41) is 3.03. The van der Waals surface area contributed by atoms with Crippen LogP contribution in [0.2, 0.25) is 0 Å². The van der Waals surface area contributed by atoms with Crippen LogP contribution < -0.4 is 16.0 Å². The normalized spacial score (nSPS) is 15.7. The van der Waals surface area contributed by atoms with Gasteiger partial charge in [-0.15, -0.1) is 0 Å². The SMILES string of the molecule is NCCCN(C(=O)NC1CCCCC1)c1ccccc1F. The molecule has 0 atom stereocenters. The van der Waals surface area contributed by atoms with Crippen LogP contribution in [0.15, 0.2) is 24.3 Å². The van der Waals surface area contributed by atoms with Gasteiger partial charge in [0.2, 0.25) is 0 Å². The summed E-state index contributed by atoms with van der Waals surface area (Å²) in [6.07, 6.45) is 6.19. The molecular formula is C16H24FN3O. The molecule has 2 amide bonds. The van der Waals surface area contributed by atoms with E-state index in [-0.39, 0.29) is 17.9 Å². The van der Waals surface area contributed by atoms with E-state index in [0.717, 1.165) is 25.7 Å². The van der Waals surface area contributed by atoms with Gasteiger partial charge in [0.05, 0.1) is 5.69 Å². The Labute approximate surface area is 125 Å². The number of para-hydroxylation sites is 1. The van der Waals surface area contributed by atoms with Crippen molar-refractivity contribution in [1.82, 2.24) is 5.32 Å². The number of halogens is 1. The number of hydrogen-bond donors (Lipinski definition) is 2. The number of hydrogen-bond acceptors (Lipinski definition) is 2. The van der Waals surface area contributed by atoms with E-state index in [1.54, 1.807) is 18.2 Å². The van der Waals surface area contributed by atoms with Gasteiger partial charge in [-0.1, -0.05) is 31.4 Å². The largest absolute Gasteiger partial charge is 0.335 e. The van der Waals surface area contributed by atoms with E-state index >= 15 is 0 Å². The molecule has 0 spiro atoms. The van der Waals surface area contributed by atoms with Gasteiger partial charge in [0, 0.05) is 12.6 Å². The van der Waals surface area contributed by atoms with Crippen LogP contribution in [0.5, 0.6) is 0 Å². The molecule has 0 bridgehead atoms. The third-order valence-electron chi connectivity index (χ3n) is 3.91. The lowest BCUT2D eigenvalue weighted by molar-refractivity contribution is 0.238. The van der Waals surface area contributed by atoms with Crippen molar-refractivity contribution >= 4 is 11.7 Å². The van der Waals surface area contributed by atoms with Crippen molar-refractivity contribution in [3.05, 3.63) is 30.1 Å². The summed E-state index contributed by atoms with van der Waals surface area (Å²) in [6.45, 7) is 0.900. The fourth-order valence-corrected chi connectivity index (χ4v) is 2.75. The number of carbonyl (C=O) groups excluding carboxylic acids is 1. The zero-order chi connectivity index (χ0) is 15.1. The van der Waals surface area contributed by atoms with E-state index in [1.165, 1.54) is 17.4 Å². The minimum atomic E-state index is -0.381. The van der Waals surface area contributed by atoms with Crippen molar-refractivity contribution < 1.29 is 9.18 Å². The molecule has 2 rings (SSSR count). The molecule has 0 saturated heterocycles. The van der Waals surface area contributed by atoms with Gasteiger partial charge in [0.15, 0.2) is 0 Å². The monoisotopic (exact) mass is 293 g/mol. The Hall–Kier alpha value is -1.62. The third-order valence-corrected chi connectivity index (χ3v) is 3.91. The molecule has 0 aliphatic heterocycles. The van der Waals surface area contributed by atoms with E-state index in [9.17, 15) is 9.18 Å². The molecule has 116 valence electrons. The van der Waals surface area contributed by atoms with Gasteiger partial charge < -0.3 is 11.1 Å². The van der Waals surface area contributed by atoms with Gasteiger partial charge in [-0.05, 0) is 37.9 Å². The number of nitrogens with one attached hydrogen (secondary N) is 1. The molecule has 4 nitrogen and oxygen atoms in total. The molecule has 1 aromatic rings. The highest BCUT2D eigenvalue weighted by atomic mass is 19.1. The summed E-state index contributed by atoms with van der Waals surface area (Å²) in [4.78, 5) is 13.9. The Kier molecular flexibility index (Phi) is 5.99. The van der Waals surface area contributed by atoms with E-state index in [1.807, 2.05) is 0 Å². The van der Waals surface area contributed by atoms with E-state index in [4.69, 9.17) is 5.73 Å². The van der Waals surface area contributed by atoms with Crippen molar-refractivity contribution in [2.24, 2.45) is 5.73 Å². The maximum atomic E-state index is 14.0. The van der Waals surface area contributed by atoms with Crippen LogP contribution in [0.4, 0.5) is 14.9 Å². The van der Waals surface area contributed by atoms with Crippen molar-refractivity contribution in [2.75, 3.05) is 18.0 Å². The Morgan fingerprint density at radius 2 is 2.00 bits per heavy atom. The van der Waals surface area contributed by atoms with Crippen LogP contribution in [-0.4, -0.2) is 25.2 Å². The molecule has 0 aromatic heterocycles. The maximum absolute atomic E-state index is 14.0. The van der Waals surface area contributed by atoms with Gasteiger partial charge in [0.1, 0.15) is 5.82 Å². The first kappa shape index (κ1) is 15.8. The highest BCUT2D eigenvalue weighted by molar-refractivity contribution is 5.92. The Bertz CT molecular complexity index is 461. The van der Waals surface area contributed by atoms with E-state index in [0.29, 0.717) is 25.2 Å². The maximum Gasteiger partial charge on any atom is 0.322 e. The minimum Gasteiger partial charge on any atom is -0.335 e. The Morgan fingerprint density at radius 3 is 2.67 bits per heavy atom. The summed E-state index contributed by atoms with van der Waals surface area (Å²) in [7, 11) is 0. The summed E-state index contributed by atoms with van der Waals surface area (Å²) >= 11 is 0. The van der Waals surface area contributed by atoms with Crippen LogP contribution in [-0.2, 0) is 0 Å². The molecule has 0 unspecified atom stereocenters.